The highest BCUT2D eigenvalue weighted by Gasteiger charge is 2.36. The van der Waals surface area contributed by atoms with Gasteiger partial charge in [-0.25, -0.2) is 9.69 Å². The first-order chi connectivity index (χ1) is 16.3. The first kappa shape index (κ1) is 23.8. The Kier molecular flexibility index (Phi) is 6.93. The number of hydrogen-bond acceptors (Lipinski definition) is 4. The molecule has 1 heterocycles. The number of carbonyl (C=O) groups is 3. The number of ether oxygens (including phenoxy) is 1. The molecule has 0 atom stereocenters. The van der Waals surface area contributed by atoms with E-state index in [0.29, 0.717) is 38.4 Å². The zero-order valence-electron chi connectivity index (χ0n) is 17.8. The van der Waals surface area contributed by atoms with Crippen LogP contribution in [-0.4, -0.2) is 25.0 Å². The minimum Gasteiger partial charge on any atom is -0.496 e. The summed E-state index contributed by atoms with van der Waals surface area (Å²) in [5.74, 6) is -1.12. The van der Waals surface area contributed by atoms with Crippen molar-refractivity contribution in [3.05, 3.63) is 98.0 Å². The number of amides is 4. The molecule has 1 aliphatic rings. The van der Waals surface area contributed by atoms with E-state index >= 15 is 0 Å². The maximum Gasteiger partial charge on any atom is 0.335 e. The Balaban J connectivity index is 1.71. The molecule has 0 radical (unpaired) electrons. The van der Waals surface area contributed by atoms with Crippen molar-refractivity contribution in [1.82, 2.24) is 5.32 Å². The van der Waals surface area contributed by atoms with Gasteiger partial charge in [-0.05, 0) is 59.7 Å². The summed E-state index contributed by atoms with van der Waals surface area (Å²) in [5, 5.41) is 3.60. The molecular weight excluding hydrogens is 499 g/mol. The first-order valence-corrected chi connectivity index (χ1v) is 11.2. The van der Waals surface area contributed by atoms with Crippen LogP contribution in [0.3, 0.4) is 0 Å². The van der Waals surface area contributed by atoms with E-state index in [0.717, 1.165) is 10.5 Å². The largest absolute Gasteiger partial charge is 0.496 e. The SMILES string of the molecule is COc1cc(/C=C2\C(=O)NC(=O)N(c3ccc(Cl)cc3)C2=O)cc(Cl)c1Cc1ccccc1Cl. The van der Waals surface area contributed by atoms with Crippen LogP contribution in [0.1, 0.15) is 16.7 Å². The number of rotatable bonds is 5. The van der Waals surface area contributed by atoms with E-state index in [9.17, 15) is 14.4 Å². The molecule has 6 nitrogen and oxygen atoms in total. The van der Waals surface area contributed by atoms with Crippen LogP contribution < -0.4 is 15.0 Å². The predicted molar refractivity (Wildman–Crippen MR) is 133 cm³/mol. The lowest BCUT2D eigenvalue weighted by Crippen LogP contribution is -2.54. The quantitative estimate of drug-likeness (QED) is 0.338. The van der Waals surface area contributed by atoms with Crippen molar-refractivity contribution in [2.24, 2.45) is 0 Å². The fraction of sp³-hybridized carbons (Fsp3) is 0.0800. The van der Waals surface area contributed by atoms with Crippen LogP contribution in [0, 0.1) is 0 Å². The number of barbiturate groups is 1. The Labute approximate surface area is 210 Å². The molecule has 1 saturated heterocycles. The fourth-order valence-corrected chi connectivity index (χ4v) is 4.16. The summed E-state index contributed by atoms with van der Waals surface area (Å²) in [5.41, 5.74) is 2.07. The number of imide groups is 2. The molecule has 3 aromatic carbocycles. The predicted octanol–water partition coefficient (Wildman–Crippen LogP) is 5.91. The van der Waals surface area contributed by atoms with E-state index in [1.54, 1.807) is 30.3 Å². The van der Waals surface area contributed by atoms with E-state index < -0.39 is 17.8 Å². The first-order valence-electron chi connectivity index (χ1n) is 10.1. The highest BCUT2D eigenvalue weighted by Crippen LogP contribution is 2.33. The van der Waals surface area contributed by atoms with E-state index in [1.165, 1.54) is 25.3 Å². The third kappa shape index (κ3) is 4.80. The lowest BCUT2D eigenvalue weighted by Gasteiger charge is -2.26. The molecule has 34 heavy (non-hydrogen) atoms. The summed E-state index contributed by atoms with van der Waals surface area (Å²) in [6, 6.07) is 15.9. The van der Waals surface area contributed by atoms with Crippen molar-refractivity contribution in [2.75, 3.05) is 12.0 Å². The molecule has 1 fully saturated rings. The number of benzene rings is 3. The molecule has 1 aliphatic heterocycles. The number of urea groups is 1. The van der Waals surface area contributed by atoms with Crippen molar-refractivity contribution in [3.8, 4) is 5.75 Å². The molecule has 0 unspecified atom stereocenters. The second-order valence-corrected chi connectivity index (χ2v) is 8.64. The summed E-state index contributed by atoms with van der Waals surface area (Å²) < 4.78 is 5.52. The van der Waals surface area contributed by atoms with Gasteiger partial charge in [0.1, 0.15) is 11.3 Å². The standard InChI is InChI=1S/C25H17Cl3N2O4/c1-34-22-12-14(11-21(28)18(22)13-15-4-2-3-5-20(15)27)10-19-23(31)29-25(33)30(24(19)32)17-8-6-16(26)7-9-17/h2-12H,13H2,1H3,(H,29,31,33)/b19-10+. The van der Waals surface area contributed by atoms with Crippen molar-refractivity contribution >= 4 is 64.4 Å². The molecular formula is C25H17Cl3N2O4. The van der Waals surface area contributed by atoms with Crippen LogP contribution >= 0.6 is 34.8 Å². The molecule has 0 aromatic heterocycles. The van der Waals surface area contributed by atoms with E-state index in [2.05, 4.69) is 5.32 Å². The highest BCUT2D eigenvalue weighted by molar-refractivity contribution is 6.39. The summed E-state index contributed by atoms with van der Waals surface area (Å²) >= 11 is 18.7. The van der Waals surface area contributed by atoms with Crippen molar-refractivity contribution < 1.29 is 19.1 Å². The lowest BCUT2D eigenvalue weighted by molar-refractivity contribution is -0.122. The molecule has 0 bridgehead atoms. The lowest BCUT2D eigenvalue weighted by atomic mass is 10.00. The summed E-state index contributed by atoms with van der Waals surface area (Å²) in [7, 11) is 1.50. The molecule has 0 saturated carbocycles. The Hall–Kier alpha value is -3.32. The summed E-state index contributed by atoms with van der Waals surface area (Å²) in [6.07, 6.45) is 1.79. The number of carbonyl (C=O) groups excluding carboxylic acids is 3. The monoisotopic (exact) mass is 514 g/mol. The average molecular weight is 516 g/mol. The number of nitrogens with one attached hydrogen (secondary N) is 1. The van der Waals surface area contributed by atoms with E-state index in [-0.39, 0.29) is 11.3 Å². The van der Waals surface area contributed by atoms with Crippen molar-refractivity contribution in [3.63, 3.8) is 0 Å². The Morgan fingerprint density at radius 2 is 1.65 bits per heavy atom. The van der Waals surface area contributed by atoms with Crippen LogP contribution in [-0.2, 0) is 16.0 Å². The Bertz CT molecular complexity index is 1340. The van der Waals surface area contributed by atoms with Gasteiger partial charge in [-0.3, -0.25) is 14.9 Å². The summed E-state index contributed by atoms with van der Waals surface area (Å²) in [4.78, 5) is 38.8. The number of anilines is 1. The molecule has 9 heteroatoms. The normalized spacial score (nSPS) is 15.0. The maximum atomic E-state index is 13.1. The maximum absolute atomic E-state index is 13.1. The van der Waals surface area contributed by atoms with Gasteiger partial charge in [0.25, 0.3) is 11.8 Å². The molecule has 3 aromatic rings. The molecule has 0 aliphatic carbocycles. The van der Waals surface area contributed by atoms with Gasteiger partial charge in [0.05, 0.1) is 12.8 Å². The summed E-state index contributed by atoms with van der Waals surface area (Å²) in [6.45, 7) is 0. The second kappa shape index (κ2) is 9.89. The molecule has 4 amide bonds. The number of nitrogens with zero attached hydrogens (tertiary/aromatic N) is 1. The third-order valence-electron chi connectivity index (χ3n) is 5.22. The van der Waals surface area contributed by atoms with Gasteiger partial charge in [0, 0.05) is 27.1 Å². The molecule has 172 valence electrons. The second-order valence-electron chi connectivity index (χ2n) is 7.39. The Morgan fingerprint density at radius 1 is 0.941 bits per heavy atom. The van der Waals surface area contributed by atoms with Gasteiger partial charge in [0.2, 0.25) is 0 Å². The average Bonchev–Trinajstić information content (AvgIpc) is 2.80. The fourth-order valence-electron chi connectivity index (χ4n) is 3.55. The van der Waals surface area contributed by atoms with Gasteiger partial charge in [-0.15, -0.1) is 0 Å². The Morgan fingerprint density at radius 3 is 2.32 bits per heavy atom. The molecule has 1 N–H and O–H groups in total. The van der Waals surface area contributed by atoms with Crippen LogP contribution in [0.4, 0.5) is 10.5 Å². The minimum absolute atomic E-state index is 0.230. The van der Waals surface area contributed by atoms with Gasteiger partial charge >= 0.3 is 6.03 Å². The van der Waals surface area contributed by atoms with Crippen LogP contribution in [0.15, 0.2) is 66.2 Å². The van der Waals surface area contributed by atoms with Gasteiger partial charge in [0.15, 0.2) is 0 Å². The van der Waals surface area contributed by atoms with Crippen LogP contribution in [0.5, 0.6) is 5.75 Å². The zero-order chi connectivity index (χ0) is 24.4. The number of hydrogen-bond donors (Lipinski definition) is 1. The topological polar surface area (TPSA) is 75.7 Å². The van der Waals surface area contributed by atoms with Crippen molar-refractivity contribution in [2.45, 2.75) is 6.42 Å². The zero-order valence-corrected chi connectivity index (χ0v) is 20.0. The molecule has 0 spiro atoms. The smallest absolute Gasteiger partial charge is 0.335 e. The van der Waals surface area contributed by atoms with Gasteiger partial charge in [-0.1, -0.05) is 53.0 Å². The van der Waals surface area contributed by atoms with E-state index in [1.807, 2.05) is 18.2 Å². The third-order valence-corrected chi connectivity index (χ3v) is 6.18. The van der Waals surface area contributed by atoms with Gasteiger partial charge in [-0.2, -0.15) is 0 Å². The van der Waals surface area contributed by atoms with Crippen molar-refractivity contribution in [1.29, 1.82) is 0 Å². The van der Waals surface area contributed by atoms with E-state index in [4.69, 9.17) is 39.5 Å². The van der Waals surface area contributed by atoms with Crippen LogP contribution in [0.25, 0.3) is 6.08 Å². The van der Waals surface area contributed by atoms with Gasteiger partial charge < -0.3 is 4.74 Å². The number of methoxy groups -OCH3 is 1. The highest BCUT2D eigenvalue weighted by atomic mass is 35.5. The number of halogens is 3. The minimum atomic E-state index is -0.847. The molecule has 4 rings (SSSR count). The van der Waals surface area contributed by atoms with Crippen LogP contribution in [0.2, 0.25) is 15.1 Å².